The highest BCUT2D eigenvalue weighted by molar-refractivity contribution is 5.76. The van der Waals surface area contributed by atoms with E-state index in [9.17, 15) is 14.7 Å². The van der Waals surface area contributed by atoms with E-state index in [1.54, 1.807) is 4.90 Å². The molecule has 1 saturated heterocycles. The van der Waals surface area contributed by atoms with Gasteiger partial charge in [-0.3, -0.25) is 4.79 Å². The number of hydrogen-bond donors (Lipinski definition) is 2. The highest BCUT2D eigenvalue weighted by Crippen LogP contribution is 2.17. The van der Waals surface area contributed by atoms with Crippen molar-refractivity contribution in [1.29, 1.82) is 0 Å². The molecule has 3 aromatic rings. The Balaban J connectivity index is 1.38. The second kappa shape index (κ2) is 8.34. The van der Waals surface area contributed by atoms with Crippen LogP contribution in [0.25, 0.3) is 11.0 Å². The van der Waals surface area contributed by atoms with Crippen LogP contribution in [0.15, 0.2) is 54.9 Å². The number of nitrogens with one attached hydrogen (secondary N) is 1. The Labute approximate surface area is 169 Å². The number of amides is 2. The van der Waals surface area contributed by atoms with E-state index in [0.717, 1.165) is 28.6 Å². The van der Waals surface area contributed by atoms with Gasteiger partial charge in [0.2, 0.25) is 0 Å². The predicted molar refractivity (Wildman–Crippen MR) is 109 cm³/mol. The van der Waals surface area contributed by atoms with Gasteiger partial charge >= 0.3 is 12.0 Å². The molecule has 0 aliphatic carbocycles. The van der Waals surface area contributed by atoms with Crippen LogP contribution in [0.1, 0.15) is 24.0 Å². The number of carboxylic acids is 1. The lowest BCUT2D eigenvalue weighted by molar-refractivity contribution is -0.143. The second-order valence-corrected chi connectivity index (χ2v) is 7.46. The molecule has 2 aromatic carbocycles. The summed E-state index contributed by atoms with van der Waals surface area (Å²) in [7, 11) is 0. The summed E-state index contributed by atoms with van der Waals surface area (Å²) in [6.07, 6.45) is 3.19. The van der Waals surface area contributed by atoms with E-state index < -0.39 is 11.9 Å². The molecule has 1 aliphatic rings. The largest absolute Gasteiger partial charge is 0.481 e. The highest BCUT2D eigenvalue weighted by atomic mass is 16.4. The minimum Gasteiger partial charge on any atom is -0.481 e. The molecule has 29 heavy (non-hydrogen) atoms. The summed E-state index contributed by atoms with van der Waals surface area (Å²) < 4.78 is 2.10. The summed E-state index contributed by atoms with van der Waals surface area (Å²) in [5.74, 6) is -1.30. The van der Waals surface area contributed by atoms with Gasteiger partial charge in [-0.1, -0.05) is 36.4 Å². The maximum absolute atomic E-state index is 12.4. The van der Waals surface area contributed by atoms with Gasteiger partial charge in [0.25, 0.3) is 0 Å². The molecule has 0 spiro atoms. The third kappa shape index (κ3) is 4.39. The van der Waals surface area contributed by atoms with Crippen LogP contribution in [0, 0.1) is 5.92 Å². The number of para-hydroxylation sites is 2. The number of benzene rings is 2. The molecule has 0 radical (unpaired) electrons. The Morgan fingerprint density at radius 3 is 2.83 bits per heavy atom. The number of nitrogens with zero attached hydrogens (tertiary/aromatic N) is 3. The number of rotatable bonds is 5. The molecule has 1 unspecified atom stereocenters. The van der Waals surface area contributed by atoms with E-state index in [1.807, 2.05) is 36.7 Å². The Morgan fingerprint density at radius 2 is 1.97 bits per heavy atom. The summed E-state index contributed by atoms with van der Waals surface area (Å²) in [6.45, 7) is 1.98. The lowest BCUT2D eigenvalue weighted by Crippen LogP contribution is -2.46. The first-order valence-corrected chi connectivity index (χ1v) is 9.83. The van der Waals surface area contributed by atoms with Crippen molar-refractivity contribution >= 4 is 23.0 Å². The van der Waals surface area contributed by atoms with Crippen molar-refractivity contribution in [2.24, 2.45) is 5.92 Å². The monoisotopic (exact) mass is 392 g/mol. The number of hydrogen-bond acceptors (Lipinski definition) is 3. The number of urea groups is 1. The Morgan fingerprint density at radius 1 is 1.14 bits per heavy atom. The van der Waals surface area contributed by atoms with Gasteiger partial charge in [-0.2, -0.15) is 0 Å². The van der Waals surface area contributed by atoms with Crippen molar-refractivity contribution in [2.45, 2.75) is 25.9 Å². The number of likely N-dealkylation sites (tertiary alicyclic amines) is 1. The van der Waals surface area contributed by atoms with E-state index in [-0.39, 0.29) is 12.6 Å². The van der Waals surface area contributed by atoms with Gasteiger partial charge in [0.1, 0.15) is 0 Å². The average molecular weight is 392 g/mol. The Kier molecular flexibility index (Phi) is 5.46. The van der Waals surface area contributed by atoms with Crippen LogP contribution < -0.4 is 5.32 Å². The fourth-order valence-corrected chi connectivity index (χ4v) is 3.82. The van der Waals surface area contributed by atoms with Gasteiger partial charge in [-0.05, 0) is 36.1 Å². The quantitative estimate of drug-likeness (QED) is 0.698. The minimum atomic E-state index is -0.831. The Bertz CT molecular complexity index is 1030. The first-order chi connectivity index (χ1) is 14.1. The van der Waals surface area contributed by atoms with Crippen LogP contribution in [0.5, 0.6) is 0 Å². The number of carbonyl (C=O) groups is 2. The van der Waals surface area contributed by atoms with Crippen molar-refractivity contribution < 1.29 is 14.7 Å². The first kappa shape index (κ1) is 19.0. The van der Waals surface area contributed by atoms with E-state index in [4.69, 9.17) is 0 Å². The maximum atomic E-state index is 12.4. The molecule has 1 fully saturated rings. The van der Waals surface area contributed by atoms with E-state index >= 15 is 0 Å². The SMILES string of the molecule is O=C(O)C1CCCN(C(=O)NCc2cccc(Cn3cnc4ccccc43)c2)C1. The molecular formula is C22H24N4O3. The zero-order valence-corrected chi connectivity index (χ0v) is 16.1. The summed E-state index contributed by atoms with van der Waals surface area (Å²) in [5.41, 5.74) is 4.19. The van der Waals surface area contributed by atoms with Crippen molar-refractivity contribution in [3.8, 4) is 0 Å². The van der Waals surface area contributed by atoms with Gasteiger partial charge in [0.05, 0.1) is 23.3 Å². The van der Waals surface area contributed by atoms with Gasteiger partial charge < -0.3 is 19.9 Å². The van der Waals surface area contributed by atoms with Crippen molar-refractivity contribution in [1.82, 2.24) is 19.8 Å². The van der Waals surface area contributed by atoms with Gasteiger partial charge in [-0.15, -0.1) is 0 Å². The fourth-order valence-electron chi connectivity index (χ4n) is 3.82. The summed E-state index contributed by atoms with van der Waals surface area (Å²) >= 11 is 0. The van der Waals surface area contributed by atoms with Crippen LogP contribution in [0.3, 0.4) is 0 Å². The Hall–Kier alpha value is -3.35. The zero-order chi connectivity index (χ0) is 20.2. The first-order valence-electron chi connectivity index (χ1n) is 9.83. The third-order valence-corrected chi connectivity index (χ3v) is 5.37. The van der Waals surface area contributed by atoms with Crippen LogP contribution >= 0.6 is 0 Å². The molecule has 2 heterocycles. The molecule has 7 heteroatoms. The predicted octanol–water partition coefficient (Wildman–Crippen LogP) is 3.09. The normalized spacial score (nSPS) is 16.7. The minimum absolute atomic E-state index is 0.207. The van der Waals surface area contributed by atoms with E-state index in [1.165, 1.54) is 0 Å². The number of imidazole rings is 1. The second-order valence-electron chi connectivity index (χ2n) is 7.46. The lowest BCUT2D eigenvalue weighted by atomic mass is 9.99. The maximum Gasteiger partial charge on any atom is 0.317 e. The smallest absolute Gasteiger partial charge is 0.317 e. The van der Waals surface area contributed by atoms with E-state index in [0.29, 0.717) is 26.1 Å². The van der Waals surface area contributed by atoms with Gasteiger partial charge in [0.15, 0.2) is 0 Å². The molecule has 7 nitrogen and oxygen atoms in total. The highest BCUT2D eigenvalue weighted by Gasteiger charge is 2.27. The fraction of sp³-hybridized carbons (Fsp3) is 0.318. The molecular weight excluding hydrogens is 368 g/mol. The number of aliphatic carboxylic acids is 1. The average Bonchev–Trinajstić information content (AvgIpc) is 3.15. The molecule has 2 amide bonds. The number of carbonyl (C=O) groups excluding carboxylic acids is 1. The summed E-state index contributed by atoms with van der Waals surface area (Å²) in [5, 5.41) is 12.1. The summed E-state index contributed by atoms with van der Waals surface area (Å²) in [6, 6.07) is 15.9. The van der Waals surface area contributed by atoms with Crippen LogP contribution in [-0.2, 0) is 17.9 Å². The molecule has 4 rings (SSSR count). The third-order valence-electron chi connectivity index (χ3n) is 5.37. The number of aromatic nitrogens is 2. The number of carboxylic acid groups (broad SMARTS) is 1. The summed E-state index contributed by atoms with van der Waals surface area (Å²) in [4.78, 5) is 29.7. The molecule has 1 aliphatic heterocycles. The van der Waals surface area contributed by atoms with E-state index in [2.05, 4.69) is 33.1 Å². The number of piperidine rings is 1. The number of fused-ring (bicyclic) bond motifs is 1. The zero-order valence-electron chi connectivity index (χ0n) is 16.1. The standard InChI is InChI=1S/C22H24N4O3/c27-21(28)18-7-4-10-25(14-18)22(29)23-12-16-5-3-6-17(11-16)13-26-15-24-19-8-1-2-9-20(19)26/h1-3,5-6,8-9,11,15,18H,4,7,10,12-14H2,(H,23,29)(H,27,28). The molecule has 0 bridgehead atoms. The van der Waals surface area contributed by atoms with Crippen LogP contribution in [0.2, 0.25) is 0 Å². The molecule has 0 saturated carbocycles. The van der Waals surface area contributed by atoms with Crippen LogP contribution in [0.4, 0.5) is 4.79 Å². The van der Waals surface area contributed by atoms with Crippen molar-refractivity contribution in [2.75, 3.05) is 13.1 Å². The van der Waals surface area contributed by atoms with Gasteiger partial charge in [0, 0.05) is 26.2 Å². The molecule has 150 valence electrons. The van der Waals surface area contributed by atoms with Crippen molar-refractivity contribution in [3.63, 3.8) is 0 Å². The molecule has 1 aromatic heterocycles. The lowest BCUT2D eigenvalue weighted by Gasteiger charge is -2.30. The topological polar surface area (TPSA) is 87.5 Å². The molecule has 1 atom stereocenters. The van der Waals surface area contributed by atoms with Crippen molar-refractivity contribution in [3.05, 3.63) is 66.0 Å². The molecule has 2 N–H and O–H groups in total. The van der Waals surface area contributed by atoms with Crippen LogP contribution in [-0.4, -0.2) is 44.6 Å². The van der Waals surface area contributed by atoms with Gasteiger partial charge in [-0.25, -0.2) is 9.78 Å².